The number of nitrogens with two attached hydrogens (primary N) is 2. The summed E-state index contributed by atoms with van der Waals surface area (Å²) >= 11 is 11.8. The number of carbonyl (C=O) groups is 2. The molecule has 19 heteroatoms. The Labute approximate surface area is 223 Å². The maximum Gasteiger partial charge on any atom is 0.490 e. The number of aromatic nitrogens is 1. The number of aryl methyl sites for hydroxylation is 1. The van der Waals surface area contributed by atoms with Crippen molar-refractivity contribution in [3.8, 4) is 0 Å². The third-order valence-corrected chi connectivity index (χ3v) is 6.39. The third-order valence-electron chi connectivity index (χ3n) is 4.31. The second-order valence-electron chi connectivity index (χ2n) is 7.12. The summed E-state index contributed by atoms with van der Waals surface area (Å²) < 4.78 is 60.4. The lowest BCUT2D eigenvalue weighted by Crippen LogP contribution is -2.38. The number of halogens is 5. The van der Waals surface area contributed by atoms with Crippen LogP contribution in [0.3, 0.4) is 0 Å². The first-order valence-electron chi connectivity index (χ1n) is 9.89. The molecule has 1 heterocycles. The first kappa shape index (κ1) is 32.5. The lowest BCUT2D eigenvalue weighted by Gasteiger charge is -2.20. The van der Waals surface area contributed by atoms with Crippen LogP contribution in [-0.2, 0) is 24.4 Å². The van der Waals surface area contributed by atoms with E-state index in [1.165, 1.54) is 30.3 Å². The largest absolute Gasteiger partial charge is 0.490 e. The summed E-state index contributed by atoms with van der Waals surface area (Å²) in [5.41, 5.74) is 11.9. The van der Waals surface area contributed by atoms with Gasteiger partial charge in [-0.2, -0.15) is 13.2 Å². The maximum absolute atomic E-state index is 13.0. The highest BCUT2D eigenvalue weighted by Gasteiger charge is 2.38. The van der Waals surface area contributed by atoms with Gasteiger partial charge in [0.25, 0.3) is 15.6 Å². The molecule has 0 spiro atoms. The molecule has 210 valence electrons. The Bertz CT molecular complexity index is 1370. The fourth-order valence-corrected chi connectivity index (χ4v) is 4.53. The number of nitrogens with zero attached hydrogens (tertiary/aromatic N) is 1. The van der Waals surface area contributed by atoms with Crippen LogP contribution in [0, 0.1) is 12.3 Å². The second-order valence-corrected chi connectivity index (χ2v) is 9.61. The van der Waals surface area contributed by atoms with E-state index in [0.717, 1.165) is 4.57 Å². The Kier molecular flexibility index (Phi) is 11.4. The Hall–Kier alpha value is -3.54. The number of rotatable bonds is 9. The minimum absolute atomic E-state index is 0.0461. The molecule has 0 aliphatic heterocycles. The molecular weight excluding hydrogens is 584 g/mol. The molecule has 0 radical (unpaired) electrons. The van der Waals surface area contributed by atoms with Gasteiger partial charge in [0.1, 0.15) is 16.6 Å². The maximum atomic E-state index is 13.0. The molecule has 13 nitrogen and oxygen atoms in total. The molecule has 2 aromatic rings. The summed E-state index contributed by atoms with van der Waals surface area (Å²) in [5, 5.41) is 14.3. The van der Waals surface area contributed by atoms with E-state index in [2.05, 4.69) is 10.2 Å². The standard InChI is InChI=1S/C17H20Cl2N6O5S.C2HF3O2/c1-9-2-4-12(24-31(28,29)14-5-3-10(18)8-11(14)19)16(27)25(9)13(15(20)26)6-7-30-23-17(21)22;3-2(4,5)1(6)7/h2-5,8,13,24H,6-7H2,1H3,(H2,20,26)(H4,21,22,23);(H,6,7). The number of carboxylic acid groups (broad SMARTS) is 1. The zero-order valence-corrected chi connectivity index (χ0v) is 21.5. The van der Waals surface area contributed by atoms with E-state index in [1.807, 2.05) is 0 Å². The van der Waals surface area contributed by atoms with Crippen molar-refractivity contribution in [2.24, 2.45) is 11.5 Å². The van der Waals surface area contributed by atoms with E-state index in [-0.39, 0.29) is 33.7 Å². The Morgan fingerprint density at radius 3 is 2.26 bits per heavy atom. The number of pyridine rings is 1. The van der Waals surface area contributed by atoms with E-state index in [4.69, 9.17) is 54.8 Å². The van der Waals surface area contributed by atoms with Gasteiger partial charge < -0.3 is 16.6 Å². The van der Waals surface area contributed by atoms with Crippen LogP contribution < -0.4 is 27.2 Å². The highest BCUT2D eigenvalue weighted by atomic mass is 35.5. The van der Waals surface area contributed by atoms with Crippen LogP contribution in [0.1, 0.15) is 18.2 Å². The number of amides is 1. The van der Waals surface area contributed by atoms with Gasteiger partial charge in [-0.15, -0.1) is 0 Å². The van der Waals surface area contributed by atoms with Crippen LogP contribution in [0.25, 0.3) is 0 Å². The summed E-state index contributed by atoms with van der Waals surface area (Å²) in [5.74, 6) is -4.04. The smallest absolute Gasteiger partial charge is 0.475 e. The summed E-state index contributed by atoms with van der Waals surface area (Å²) in [4.78, 5) is 38.5. The number of benzene rings is 1. The lowest BCUT2D eigenvalue weighted by molar-refractivity contribution is -0.192. The van der Waals surface area contributed by atoms with Crippen LogP contribution in [0.4, 0.5) is 18.9 Å². The number of nitrogens with one attached hydrogen (secondary N) is 3. The molecule has 1 atom stereocenters. The topological polar surface area (TPSA) is 220 Å². The number of aliphatic carboxylic acids is 1. The van der Waals surface area contributed by atoms with Crippen molar-refractivity contribution in [1.29, 1.82) is 5.41 Å². The number of hydroxylamine groups is 1. The first-order chi connectivity index (χ1) is 17.4. The number of carboxylic acids is 1. The van der Waals surface area contributed by atoms with Gasteiger partial charge in [0.15, 0.2) is 0 Å². The number of hydrogen-bond acceptors (Lipinski definition) is 7. The summed E-state index contributed by atoms with van der Waals surface area (Å²) in [6.45, 7) is 1.44. The molecular formula is C19H21Cl2F3N6O7S. The van der Waals surface area contributed by atoms with Crippen molar-refractivity contribution in [3.05, 3.63) is 56.4 Å². The molecule has 1 amide bonds. The molecule has 0 aliphatic rings. The zero-order chi connectivity index (χ0) is 29.4. The molecule has 2 rings (SSSR count). The summed E-state index contributed by atoms with van der Waals surface area (Å²) in [6, 6.07) is 5.36. The molecule has 0 saturated carbocycles. The fourth-order valence-electron chi connectivity index (χ4n) is 2.70. The van der Waals surface area contributed by atoms with Gasteiger partial charge in [-0.3, -0.25) is 29.1 Å². The minimum Gasteiger partial charge on any atom is -0.475 e. The summed E-state index contributed by atoms with van der Waals surface area (Å²) in [7, 11) is -4.23. The van der Waals surface area contributed by atoms with Crippen molar-refractivity contribution in [3.63, 3.8) is 0 Å². The van der Waals surface area contributed by atoms with Crippen LogP contribution in [0.2, 0.25) is 10.0 Å². The van der Waals surface area contributed by atoms with Crippen molar-refractivity contribution >= 4 is 56.7 Å². The van der Waals surface area contributed by atoms with Gasteiger partial charge in [-0.25, -0.2) is 18.7 Å². The van der Waals surface area contributed by atoms with Crippen LogP contribution in [0.15, 0.2) is 40.0 Å². The van der Waals surface area contributed by atoms with E-state index in [9.17, 15) is 31.2 Å². The molecule has 1 aromatic heterocycles. The normalized spacial score (nSPS) is 12.1. The van der Waals surface area contributed by atoms with E-state index < -0.39 is 45.6 Å². The van der Waals surface area contributed by atoms with Crippen molar-refractivity contribution in [2.45, 2.75) is 30.5 Å². The molecule has 0 saturated heterocycles. The van der Waals surface area contributed by atoms with Gasteiger partial charge in [0, 0.05) is 17.1 Å². The highest BCUT2D eigenvalue weighted by Crippen LogP contribution is 2.26. The quantitative estimate of drug-likeness (QED) is 0.106. The van der Waals surface area contributed by atoms with Gasteiger partial charge in [-0.05, 0) is 37.3 Å². The molecule has 8 N–H and O–H groups in total. The van der Waals surface area contributed by atoms with Crippen LogP contribution in [0.5, 0.6) is 0 Å². The predicted molar refractivity (Wildman–Crippen MR) is 130 cm³/mol. The number of primary amides is 1. The monoisotopic (exact) mass is 604 g/mol. The van der Waals surface area contributed by atoms with Gasteiger partial charge in [0.2, 0.25) is 11.9 Å². The van der Waals surface area contributed by atoms with Crippen LogP contribution in [-0.4, -0.2) is 48.7 Å². The Balaban J connectivity index is 0.000000905. The van der Waals surface area contributed by atoms with Crippen molar-refractivity contribution < 1.29 is 41.1 Å². The lowest BCUT2D eigenvalue weighted by atomic mass is 10.1. The molecule has 38 heavy (non-hydrogen) atoms. The number of hydrogen-bond donors (Lipinski definition) is 6. The molecule has 0 fully saturated rings. The fraction of sp³-hybridized carbons (Fsp3) is 0.263. The first-order valence-corrected chi connectivity index (χ1v) is 12.1. The zero-order valence-electron chi connectivity index (χ0n) is 19.2. The molecule has 1 unspecified atom stereocenters. The molecule has 0 aliphatic carbocycles. The van der Waals surface area contributed by atoms with Crippen molar-refractivity contribution in [2.75, 3.05) is 11.3 Å². The van der Waals surface area contributed by atoms with Gasteiger partial charge in [0.05, 0.1) is 11.6 Å². The second kappa shape index (κ2) is 13.3. The average molecular weight is 605 g/mol. The van der Waals surface area contributed by atoms with E-state index >= 15 is 0 Å². The number of anilines is 1. The van der Waals surface area contributed by atoms with Gasteiger partial charge >= 0.3 is 12.1 Å². The predicted octanol–water partition coefficient (Wildman–Crippen LogP) is 1.73. The number of alkyl halides is 3. The van der Waals surface area contributed by atoms with Gasteiger partial charge in [-0.1, -0.05) is 23.2 Å². The minimum atomic E-state index is -5.08. The SMILES string of the molecule is Cc1ccc(NS(=O)(=O)c2ccc(Cl)cc2Cl)c(=O)n1C(CCONC(=N)N)C(N)=O.O=C(O)C(F)(F)F. The van der Waals surface area contributed by atoms with Crippen LogP contribution >= 0.6 is 23.2 Å². The Morgan fingerprint density at radius 1 is 1.21 bits per heavy atom. The Morgan fingerprint density at radius 2 is 1.79 bits per heavy atom. The van der Waals surface area contributed by atoms with E-state index in [1.54, 1.807) is 6.92 Å². The third kappa shape index (κ3) is 9.40. The number of sulfonamides is 1. The number of guanidine groups is 1. The molecule has 1 aromatic carbocycles. The molecule has 0 bridgehead atoms. The highest BCUT2D eigenvalue weighted by molar-refractivity contribution is 7.92. The van der Waals surface area contributed by atoms with Crippen molar-refractivity contribution in [1.82, 2.24) is 10.0 Å². The number of carbonyl (C=O) groups excluding carboxylic acids is 1. The summed E-state index contributed by atoms with van der Waals surface area (Å²) in [6.07, 6.45) is -5.13. The van der Waals surface area contributed by atoms with E-state index in [0.29, 0.717) is 5.69 Å². The average Bonchev–Trinajstić information content (AvgIpc) is 2.76.